The number of nitriles is 1. The van der Waals surface area contributed by atoms with Crippen LogP contribution in [-0.2, 0) is 5.41 Å². The molecule has 2 aromatic rings. The lowest BCUT2D eigenvalue weighted by Gasteiger charge is -2.29. The number of fused-ring (bicyclic) bond motifs is 1. The summed E-state index contributed by atoms with van der Waals surface area (Å²) in [5.41, 5.74) is 5.15. The zero-order valence-electron chi connectivity index (χ0n) is 16.5. The van der Waals surface area contributed by atoms with E-state index in [4.69, 9.17) is 5.26 Å². The van der Waals surface area contributed by atoms with Crippen molar-refractivity contribution in [2.45, 2.75) is 31.7 Å². The van der Waals surface area contributed by atoms with Gasteiger partial charge in [0.05, 0.1) is 18.5 Å². The third kappa shape index (κ3) is 4.12. The van der Waals surface area contributed by atoms with Gasteiger partial charge in [0.2, 0.25) is 0 Å². The molecule has 0 aliphatic carbocycles. The van der Waals surface area contributed by atoms with Crippen LogP contribution < -0.4 is 9.80 Å². The topological polar surface area (TPSA) is 30.3 Å². The van der Waals surface area contributed by atoms with Crippen molar-refractivity contribution >= 4 is 29.9 Å². The van der Waals surface area contributed by atoms with Crippen LogP contribution >= 0.6 is 12.4 Å². The maximum atomic E-state index is 8.72. The molecule has 1 unspecified atom stereocenters. The van der Waals surface area contributed by atoms with Gasteiger partial charge in [0.1, 0.15) is 0 Å². The monoisotopic (exact) mass is 381 g/mol. The van der Waals surface area contributed by atoms with Gasteiger partial charge in [0.15, 0.2) is 0 Å². The number of para-hydroxylation sites is 1. The quantitative estimate of drug-likeness (QED) is 0.706. The molecule has 3 rings (SSSR count). The van der Waals surface area contributed by atoms with Crippen molar-refractivity contribution in [2.24, 2.45) is 0 Å². The molecule has 2 aromatic carbocycles. The Hall–Kier alpha value is -2.44. The molecule has 0 saturated carbocycles. The Kier molecular flexibility index (Phi) is 6.57. The number of likely N-dealkylation sites (N-methyl/N-ethyl adjacent to an activating group) is 1. The molecule has 0 bridgehead atoms. The number of nitrogens with zero attached hydrogens (tertiary/aromatic N) is 3. The maximum Gasteiger partial charge on any atom is 0.0640 e. The van der Waals surface area contributed by atoms with E-state index in [-0.39, 0.29) is 17.8 Å². The number of anilines is 2. The van der Waals surface area contributed by atoms with Gasteiger partial charge in [-0.05, 0) is 29.3 Å². The molecule has 0 fully saturated rings. The molecule has 3 nitrogen and oxygen atoms in total. The van der Waals surface area contributed by atoms with Gasteiger partial charge >= 0.3 is 0 Å². The van der Waals surface area contributed by atoms with Crippen molar-refractivity contribution in [3.63, 3.8) is 0 Å². The first-order chi connectivity index (χ1) is 12.4. The highest BCUT2D eigenvalue weighted by Gasteiger charge is 2.41. The van der Waals surface area contributed by atoms with E-state index in [1.165, 1.54) is 16.8 Å². The summed E-state index contributed by atoms with van der Waals surface area (Å²) >= 11 is 0. The third-order valence-corrected chi connectivity index (χ3v) is 5.50. The largest absolute Gasteiger partial charge is 0.374 e. The van der Waals surface area contributed by atoms with Crippen LogP contribution in [0.1, 0.15) is 31.4 Å². The summed E-state index contributed by atoms with van der Waals surface area (Å²) in [6, 6.07) is 19.7. The van der Waals surface area contributed by atoms with Crippen LogP contribution in [0.25, 0.3) is 6.08 Å². The van der Waals surface area contributed by atoms with E-state index in [1.807, 2.05) is 7.05 Å². The van der Waals surface area contributed by atoms with Gasteiger partial charge in [-0.3, -0.25) is 0 Å². The van der Waals surface area contributed by atoms with Gasteiger partial charge in [0, 0.05) is 37.4 Å². The predicted molar refractivity (Wildman–Crippen MR) is 118 cm³/mol. The van der Waals surface area contributed by atoms with Crippen LogP contribution in [-0.4, -0.2) is 26.7 Å². The Morgan fingerprint density at radius 3 is 2.44 bits per heavy atom. The van der Waals surface area contributed by atoms with E-state index >= 15 is 0 Å². The molecule has 0 aromatic heterocycles. The van der Waals surface area contributed by atoms with Crippen LogP contribution in [0.15, 0.2) is 54.6 Å². The highest BCUT2D eigenvalue weighted by Crippen LogP contribution is 2.44. The Balaban J connectivity index is 0.00000261. The smallest absolute Gasteiger partial charge is 0.0640 e. The van der Waals surface area contributed by atoms with E-state index in [0.29, 0.717) is 12.5 Å². The SMILES string of the molecule is CN(CCC#N)c1ccc(C=CC2N(C)c3ccccc3C2(C)C)cc1.Cl. The van der Waals surface area contributed by atoms with Crippen molar-refractivity contribution in [3.8, 4) is 6.07 Å². The standard InChI is InChI=1S/C23H27N3.ClH/c1-23(2)20-8-5-6-9-21(20)26(4)22(23)15-12-18-10-13-19(14-11-18)25(3)17-7-16-24;/h5-6,8-15,22H,7,17H2,1-4H3;1H. The second kappa shape index (κ2) is 8.50. The lowest BCUT2D eigenvalue weighted by Crippen LogP contribution is -2.37. The van der Waals surface area contributed by atoms with E-state index in [1.54, 1.807) is 0 Å². The van der Waals surface area contributed by atoms with Gasteiger partial charge < -0.3 is 9.80 Å². The lowest BCUT2D eigenvalue weighted by molar-refractivity contribution is 0.489. The summed E-state index contributed by atoms with van der Waals surface area (Å²) in [4.78, 5) is 4.48. The molecule has 0 radical (unpaired) electrons. The van der Waals surface area contributed by atoms with Crippen molar-refractivity contribution in [1.82, 2.24) is 0 Å². The van der Waals surface area contributed by atoms with Gasteiger partial charge in [0.25, 0.3) is 0 Å². The summed E-state index contributed by atoms with van der Waals surface area (Å²) in [5, 5.41) is 8.72. The molecule has 0 saturated heterocycles. The average molecular weight is 382 g/mol. The molecule has 27 heavy (non-hydrogen) atoms. The minimum absolute atomic E-state index is 0. The maximum absolute atomic E-state index is 8.72. The van der Waals surface area contributed by atoms with Crippen molar-refractivity contribution in [2.75, 3.05) is 30.4 Å². The summed E-state index contributed by atoms with van der Waals surface area (Å²) in [6.07, 6.45) is 5.07. The zero-order valence-corrected chi connectivity index (χ0v) is 17.3. The van der Waals surface area contributed by atoms with E-state index in [0.717, 1.165) is 12.2 Å². The molecular formula is C23H28ClN3. The Morgan fingerprint density at radius 1 is 1.15 bits per heavy atom. The molecule has 1 aliphatic rings. The molecule has 1 heterocycles. The lowest BCUT2D eigenvalue weighted by atomic mass is 9.80. The fraction of sp³-hybridized carbons (Fsp3) is 0.348. The molecule has 0 amide bonds. The minimum atomic E-state index is 0. The van der Waals surface area contributed by atoms with Crippen LogP contribution in [0.4, 0.5) is 11.4 Å². The molecule has 4 heteroatoms. The first kappa shape index (κ1) is 20.9. The van der Waals surface area contributed by atoms with E-state index in [2.05, 4.69) is 97.4 Å². The Morgan fingerprint density at radius 2 is 1.81 bits per heavy atom. The summed E-state index contributed by atoms with van der Waals surface area (Å²) in [7, 11) is 4.20. The van der Waals surface area contributed by atoms with Crippen LogP contribution in [0.5, 0.6) is 0 Å². The van der Waals surface area contributed by atoms with Crippen molar-refractivity contribution in [1.29, 1.82) is 5.26 Å². The molecule has 1 atom stereocenters. The summed E-state index contributed by atoms with van der Waals surface area (Å²) in [5.74, 6) is 0. The Bertz CT molecular complexity index is 833. The number of hydrogen-bond acceptors (Lipinski definition) is 3. The van der Waals surface area contributed by atoms with Crippen LogP contribution in [0, 0.1) is 11.3 Å². The number of benzene rings is 2. The molecule has 1 aliphatic heterocycles. The average Bonchev–Trinajstić information content (AvgIpc) is 2.85. The zero-order chi connectivity index (χ0) is 18.7. The summed E-state index contributed by atoms with van der Waals surface area (Å²) < 4.78 is 0. The highest BCUT2D eigenvalue weighted by atomic mass is 35.5. The van der Waals surface area contributed by atoms with Crippen molar-refractivity contribution < 1.29 is 0 Å². The Labute approximate surface area is 169 Å². The van der Waals surface area contributed by atoms with Gasteiger partial charge in [-0.15, -0.1) is 12.4 Å². The van der Waals surface area contributed by atoms with E-state index in [9.17, 15) is 0 Å². The first-order valence-electron chi connectivity index (χ1n) is 9.14. The second-order valence-corrected chi connectivity index (χ2v) is 7.57. The number of hydrogen-bond donors (Lipinski definition) is 0. The summed E-state index contributed by atoms with van der Waals surface area (Å²) in [6.45, 7) is 5.39. The second-order valence-electron chi connectivity index (χ2n) is 7.57. The molecule has 0 N–H and O–H groups in total. The minimum Gasteiger partial charge on any atom is -0.374 e. The van der Waals surface area contributed by atoms with E-state index < -0.39 is 0 Å². The van der Waals surface area contributed by atoms with Gasteiger partial charge in [-0.1, -0.05) is 56.3 Å². The fourth-order valence-electron chi connectivity index (χ4n) is 3.88. The van der Waals surface area contributed by atoms with Crippen molar-refractivity contribution in [3.05, 3.63) is 65.7 Å². The molecule has 142 valence electrons. The first-order valence-corrected chi connectivity index (χ1v) is 9.14. The number of halogens is 1. The molecular weight excluding hydrogens is 354 g/mol. The normalized spacial score (nSPS) is 17.3. The van der Waals surface area contributed by atoms with Crippen LogP contribution in [0.3, 0.4) is 0 Å². The molecule has 0 spiro atoms. The predicted octanol–water partition coefficient (Wildman–Crippen LogP) is 5.27. The third-order valence-electron chi connectivity index (χ3n) is 5.50. The van der Waals surface area contributed by atoms with Crippen LogP contribution in [0.2, 0.25) is 0 Å². The van der Waals surface area contributed by atoms with Gasteiger partial charge in [-0.2, -0.15) is 5.26 Å². The highest BCUT2D eigenvalue weighted by molar-refractivity contribution is 5.85. The fourth-order valence-corrected chi connectivity index (χ4v) is 3.88. The number of rotatable bonds is 5. The van der Waals surface area contributed by atoms with Gasteiger partial charge in [-0.25, -0.2) is 0 Å².